The van der Waals surface area contributed by atoms with Crippen LogP contribution in [-0.2, 0) is 4.79 Å². The quantitative estimate of drug-likeness (QED) is 0.153. The third-order valence-electron chi connectivity index (χ3n) is 6.23. The standard InChI is InChI=1S/C26H26FN3O4/c1-34-21-12-6-17(7-13-21)24-22(14-15-23(31)16-2-8-19(27)9-3-16)26(32)30(24)20-10-4-18(5-11-20)25(28)29-33/h2-13,22-24,31,33H,14-15H2,1H3,(H2,28,29). The number of hydrogen-bond acceptors (Lipinski definition) is 5. The lowest BCUT2D eigenvalue weighted by molar-refractivity contribution is -0.131. The Bertz CT molecular complexity index is 1160. The third-order valence-corrected chi connectivity index (χ3v) is 6.23. The van der Waals surface area contributed by atoms with E-state index in [0.717, 1.165) is 5.56 Å². The van der Waals surface area contributed by atoms with Crippen molar-refractivity contribution in [3.05, 3.63) is 95.3 Å². The lowest BCUT2D eigenvalue weighted by Crippen LogP contribution is -2.55. The van der Waals surface area contributed by atoms with Crippen molar-refractivity contribution < 1.29 is 24.2 Å². The van der Waals surface area contributed by atoms with Gasteiger partial charge in [0.25, 0.3) is 0 Å². The highest BCUT2D eigenvalue weighted by molar-refractivity contribution is 6.04. The minimum atomic E-state index is -0.793. The van der Waals surface area contributed by atoms with Crippen molar-refractivity contribution in [2.24, 2.45) is 16.8 Å². The lowest BCUT2D eigenvalue weighted by Gasteiger charge is -2.48. The van der Waals surface area contributed by atoms with Crippen molar-refractivity contribution in [2.75, 3.05) is 12.0 Å². The van der Waals surface area contributed by atoms with Crippen LogP contribution in [0, 0.1) is 11.7 Å². The molecule has 0 saturated carbocycles. The Morgan fingerprint density at radius 3 is 2.32 bits per heavy atom. The minimum absolute atomic E-state index is 0.0131. The van der Waals surface area contributed by atoms with Gasteiger partial charge in [-0.25, -0.2) is 4.39 Å². The number of nitrogens with zero attached hydrogens (tertiary/aromatic N) is 2. The number of nitrogens with two attached hydrogens (primary N) is 1. The minimum Gasteiger partial charge on any atom is -0.497 e. The Morgan fingerprint density at radius 1 is 1.09 bits per heavy atom. The van der Waals surface area contributed by atoms with Gasteiger partial charge in [0.1, 0.15) is 11.6 Å². The monoisotopic (exact) mass is 463 g/mol. The van der Waals surface area contributed by atoms with Crippen LogP contribution in [0.4, 0.5) is 10.1 Å². The molecule has 1 amide bonds. The molecule has 1 aliphatic heterocycles. The topological polar surface area (TPSA) is 108 Å². The highest BCUT2D eigenvalue weighted by Crippen LogP contribution is 2.46. The second kappa shape index (κ2) is 9.93. The SMILES string of the molecule is COc1ccc(C2C(CCC(O)c3ccc(F)cc3)C(=O)N2c2ccc(/C(N)=N\O)cc2)cc1. The average Bonchev–Trinajstić information content (AvgIpc) is 2.87. The van der Waals surface area contributed by atoms with Crippen molar-refractivity contribution >= 4 is 17.4 Å². The molecule has 176 valence electrons. The second-order valence-electron chi connectivity index (χ2n) is 8.21. The molecule has 1 heterocycles. The van der Waals surface area contributed by atoms with Crippen LogP contribution in [0.5, 0.6) is 5.75 Å². The summed E-state index contributed by atoms with van der Waals surface area (Å²) in [6.07, 6.45) is 0.0385. The zero-order chi connectivity index (χ0) is 24.2. The van der Waals surface area contributed by atoms with Gasteiger partial charge in [-0.15, -0.1) is 0 Å². The fourth-order valence-electron chi connectivity index (χ4n) is 4.34. The number of aliphatic hydroxyl groups is 1. The predicted molar refractivity (Wildman–Crippen MR) is 126 cm³/mol. The number of halogens is 1. The number of rotatable bonds is 8. The van der Waals surface area contributed by atoms with Crippen molar-refractivity contribution in [1.29, 1.82) is 0 Å². The normalized spacial score (nSPS) is 19.0. The maximum atomic E-state index is 13.2. The number of methoxy groups -OCH3 is 1. The van der Waals surface area contributed by atoms with Gasteiger partial charge in [-0.05, 0) is 72.5 Å². The van der Waals surface area contributed by atoms with Gasteiger partial charge in [0.2, 0.25) is 5.91 Å². The predicted octanol–water partition coefficient (Wildman–Crippen LogP) is 4.15. The molecule has 8 heteroatoms. The zero-order valence-corrected chi connectivity index (χ0v) is 18.6. The highest BCUT2D eigenvalue weighted by Gasteiger charge is 2.48. The number of amidine groups is 1. The number of β-lactam (4-membered cyclic amide) rings is 1. The third kappa shape index (κ3) is 4.58. The molecule has 0 aliphatic carbocycles. The number of ether oxygens (including phenoxy) is 1. The second-order valence-corrected chi connectivity index (χ2v) is 8.21. The van der Waals surface area contributed by atoms with Crippen molar-refractivity contribution in [1.82, 2.24) is 0 Å². The number of anilines is 1. The van der Waals surface area contributed by atoms with Gasteiger partial charge in [-0.1, -0.05) is 29.4 Å². The summed E-state index contributed by atoms with van der Waals surface area (Å²) in [4.78, 5) is 14.9. The van der Waals surface area contributed by atoms with E-state index in [4.69, 9.17) is 15.7 Å². The average molecular weight is 464 g/mol. The molecule has 3 aromatic carbocycles. The van der Waals surface area contributed by atoms with E-state index >= 15 is 0 Å². The molecule has 1 saturated heterocycles. The van der Waals surface area contributed by atoms with Gasteiger partial charge >= 0.3 is 0 Å². The van der Waals surface area contributed by atoms with Gasteiger partial charge in [0.15, 0.2) is 5.84 Å². The number of carbonyl (C=O) groups excluding carboxylic acids is 1. The molecule has 0 bridgehead atoms. The first-order valence-corrected chi connectivity index (χ1v) is 10.9. The summed E-state index contributed by atoms with van der Waals surface area (Å²) in [6, 6.07) is 19.9. The van der Waals surface area contributed by atoms with E-state index in [9.17, 15) is 14.3 Å². The van der Waals surface area contributed by atoms with E-state index in [0.29, 0.717) is 35.4 Å². The summed E-state index contributed by atoms with van der Waals surface area (Å²) >= 11 is 0. The van der Waals surface area contributed by atoms with Gasteiger partial charge in [-0.2, -0.15) is 0 Å². The summed E-state index contributed by atoms with van der Waals surface area (Å²) in [7, 11) is 1.59. The van der Waals surface area contributed by atoms with Crippen LogP contribution in [0.2, 0.25) is 0 Å². The Morgan fingerprint density at radius 2 is 1.74 bits per heavy atom. The molecule has 34 heavy (non-hydrogen) atoms. The molecule has 1 fully saturated rings. The number of carbonyl (C=O) groups is 1. The number of amides is 1. The molecule has 0 spiro atoms. The lowest BCUT2D eigenvalue weighted by atomic mass is 9.78. The Balaban J connectivity index is 1.57. The molecular formula is C26H26FN3O4. The molecule has 4 N–H and O–H groups in total. The molecule has 1 aliphatic rings. The van der Waals surface area contributed by atoms with Gasteiger partial charge in [-0.3, -0.25) is 4.79 Å². The number of hydrogen-bond donors (Lipinski definition) is 3. The van der Waals surface area contributed by atoms with E-state index in [1.807, 2.05) is 24.3 Å². The highest BCUT2D eigenvalue weighted by atomic mass is 19.1. The number of aliphatic hydroxyl groups excluding tert-OH is 1. The zero-order valence-electron chi connectivity index (χ0n) is 18.6. The van der Waals surface area contributed by atoms with E-state index in [2.05, 4.69) is 5.16 Å². The summed E-state index contributed by atoms with van der Waals surface area (Å²) in [5, 5.41) is 22.5. The van der Waals surface area contributed by atoms with E-state index < -0.39 is 6.10 Å². The van der Waals surface area contributed by atoms with Gasteiger partial charge in [0, 0.05) is 11.3 Å². The van der Waals surface area contributed by atoms with E-state index in [-0.39, 0.29) is 29.5 Å². The van der Waals surface area contributed by atoms with Crippen molar-refractivity contribution in [3.8, 4) is 5.75 Å². The fourth-order valence-corrected chi connectivity index (χ4v) is 4.34. The summed E-state index contributed by atoms with van der Waals surface area (Å²) in [5.74, 6) is -0.0394. The number of oxime groups is 1. The van der Waals surface area contributed by atoms with Crippen molar-refractivity contribution in [3.63, 3.8) is 0 Å². The first-order chi connectivity index (χ1) is 16.4. The van der Waals surface area contributed by atoms with Crippen LogP contribution in [-0.4, -0.2) is 29.2 Å². The Hall–Kier alpha value is -3.91. The van der Waals surface area contributed by atoms with Crippen LogP contribution in [0.25, 0.3) is 0 Å². The van der Waals surface area contributed by atoms with Crippen LogP contribution in [0.1, 0.15) is 41.7 Å². The first-order valence-electron chi connectivity index (χ1n) is 10.9. The van der Waals surface area contributed by atoms with Crippen LogP contribution < -0.4 is 15.4 Å². The molecule has 3 unspecified atom stereocenters. The maximum absolute atomic E-state index is 13.2. The Kier molecular flexibility index (Phi) is 6.79. The van der Waals surface area contributed by atoms with Gasteiger partial charge in [0.05, 0.1) is 25.2 Å². The first kappa shape index (κ1) is 23.3. The molecule has 4 rings (SSSR count). The molecule has 0 aromatic heterocycles. The van der Waals surface area contributed by atoms with E-state index in [1.165, 1.54) is 12.1 Å². The molecule has 0 radical (unpaired) electrons. The summed E-state index contributed by atoms with van der Waals surface area (Å²) in [6.45, 7) is 0. The molecule has 7 nitrogen and oxygen atoms in total. The van der Waals surface area contributed by atoms with Crippen LogP contribution >= 0.6 is 0 Å². The largest absolute Gasteiger partial charge is 0.497 e. The van der Waals surface area contributed by atoms with E-state index in [1.54, 1.807) is 48.4 Å². The molecule has 3 aromatic rings. The molecular weight excluding hydrogens is 437 g/mol. The van der Waals surface area contributed by atoms with Crippen LogP contribution in [0.3, 0.4) is 0 Å². The van der Waals surface area contributed by atoms with Gasteiger partial charge < -0.3 is 25.7 Å². The molecule has 3 atom stereocenters. The summed E-state index contributed by atoms with van der Waals surface area (Å²) in [5.41, 5.74) is 8.44. The smallest absolute Gasteiger partial charge is 0.233 e. The Labute approximate surface area is 196 Å². The summed E-state index contributed by atoms with van der Waals surface area (Å²) < 4.78 is 18.5. The maximum Gasteiger partial charge on any atom is 0.233 e. The van der Waals surface area contributed by atoms with Crippen molar-refractivity contribution in [2.45, 2.75) is 25.0 Å². The van der Waals surface area contributed by atoms with Crippen LogP contribution in [0.15, 0.2) is 78.0 Å². The number of benzene rings is 3. The fraction of sp³-hybridized carbons (Fsp3) is 0.231.